The number of rotatable bonds is 5. The molecule has 0 saturated heterocycles. The summed E-state index contributed by atoms with van der Waals surface area (Å²) in [7, 11) is 1.41. The van der Waals surface area contributed by atoms with Gasteiger partial charge in [0.2, 0.25) is 5.91 Å². The Bertz CT molecular complexity index is 740. The maximum Gasteiger partial charge on any atom is 0.296 e. The Labute approximate surface area is 137 Å². The van der Waals surface area contributed by atoms with E-state index in [4.69, 9.17) is 16.3 Å². The van der Waals surface area contributed by atoms with E-state index in [1.54, 1.807) is 13.8 Å². The number of hydrogen-bond acceptors (Lipinski definition) is 5. The molecule has 1 heterocycles. The normalized spacial score (nSPS) is 11.8. The molecule has 8 nitrogen and oxygen atoms in total. The second-order valence-electron chi connectivity index (χ2n) is 4.85. The predicted molar refractivity (Wildman–Crippen MR) is 85.0 cm³/mol. The number of carbonyl (C=O) groups is 1. The number of carbonyl (C=O) groups excluding carboxylic acids is 1. The predicted octanol–water partition coefficient (Wildman–Crippen LogP) is 2.96. The number of nitro groups is 1. The lowest BCUT2D eigenvalue weighted by molar-refractivity contribution is -0.384. The molecule has 23 heavy (non-hydrogen) atoms. The van der Waals surface area contributed by atoms with Crippen LogP contribution in [0.25, 0.3) is 0 Å². The Morgan fingerprint density at radius 3 is 2.74 bits per heavy atom. The van der Waals surface area contributed by atoms with Gasteiger partial charge in [0.1, 0.15) is 17.5 Å². The van der Waals surface area contributed by atoms with Crippen molar-refractivity contribution in [2.75, 3.05) is 12.4 Å². The van der Waals surface area contributed by atoms with Crippen LogP contribution in [0.2, 0.25) is 5.02 Å². The molecule has 0 bridgehead atoms. The van der Waals surface area contributed by atoms with Crippen LogP contribution in [0.5, 0.6) is 5.75 Å². The smallest absolute Gasteiger partial charge is 0.296 e. The minimum atomic E-state index is -0.678. The van der Waals surface area contributed by atoms with E-state index in [-0.39, 0.29) is 11.4 Å². The molecule has 1 atom stereocenters. The second-order valence-corrected chi connectivity index (χ2v) is 5.26. The van der Waals surface area contributed by atoms with Crippen molar-refractivity contribution in [1.29, 1.82) is 0 Å². The molecule has 0 aliphatic rings. The fourth-order valence-corrected chi connectivity index (χ4v) is 2.05. The minimum Gasteiger partial charge on any atom is -0.496 e. The standard InChI is InChI=1S/C14H15ClN4O4/c1-8-11(15)7-18(17-8)9(2)14(20)16-12-5-4-10(23-3)6-13(12)19(21)22/h4-7,9H,1-3H3,(H,16,20). The molecule has 1 N–H and O–H groups in total. The number of nitrogens with one attached hydrogen (secondary N) is 1. The number of ether oxygens (including phenoxy) is 1. The Morgan fingerprint density at radius 2 is 2.22 bits per heavy atom. The molecule has 2 rings (SSSR count). The van der Waals surface area contributed by atoms with Crippen molar-refractivity contribution in [2.45, 2.75) is 19.9 Å². The molecule has 1 aromatic carbocycles. The van der Waals surface area contributed by atoms with Crippen molar-refractivity contribution in [3.63, 3.8) is 0 Å². The van der Waals surface area contributed by atoms with Crippen LogP contribution in [0.15, 0.2) is 24.4 Å². The van der Waals surface area contributed by atoms with Crippen molar-refractivity contribution in [1.82, 2.24) is 9.78 Å². The summed E-state index contributed by atoms with van der Waals surface area (Å²) in [6, 6.07) is 3.52. The number of benzene rings is 1. The molecule has 0 aliphatic heterocycles. The molecule has 1 amide bonds. The van der Waals surface area contributed by atoms with Crippen molar-refractivity contribution >= 4 is 28.9 Å². The maximum atomic E-state index is 12.3. The number of nitro benzene ring substituents is 1. The SMILES string of the molecule is COc1ccc(NC(=O)C(C)n2cc(Cl)c(C)n2)c([N+](=O)[O-])c1. The van der Waals surface area contributed by atoms with Crippen LogP contribution < -0.4 is 10.1 Å². The van der Waals surface area contributed by atoms with Gasteiger partial charge in [0.15, 0.2) is 0 Å². The molecule has 9 heteroatoms. The first-order chi connectivity index (χ1) is 10.8. The zero-order valence-corrected chi connectivity index (χ0v) is 13.5. The number of nitrogens with zero attached hydrogens (tertiary/aromatic N) is 3. The number of amides is 1. The largest absolute Gasteiger partial charge is 0.496 e. The summed E-state index contributed by atoms with van der Waals surface area (Å²) in [4.78, 5) is 22.8. The van der Waals surface area contributed by atoms with Crippen molar-refractivity contribution < 1.29 is 14.5 Å². The van der Waals surface area contributed by atoms with E-state index < -0.39 is 16.9 Å². The Morgan fingerprint density at radius 1 is 1.52 bits per heavy atom. The van der Waals surface area contributed by atoms with Crippen molar-refractivity contribution in [3.8, 4) is 5.75 Å². The van der Waals surface area contributed by atoms with Gasteiger partial charge in [0.25, 0.3) is 5.69 Å². The van der Waals surface area contributed by atoms with Gasteiger partial charge < -0.3 is 10.1 Å². The zero-order chi connectivity index (χ0) is 17.1. The molecular formula is C14H15ClN4O4. The van der Waals surface area contributed by atoms with E-state index in [1.165, 1.54) is 36.2 Å². The van der Waals surface area contributed by atoms with E-state index >= 15 is 0 Å². The fraction of sp³-hybridized carbons (Fsp3) is 0.286. The molecule has 122 valence electrons. The molecule has 0 spiro atoms. The summed E-state index contributed by atoms with van der Waals surface area (Å²) in [5.41, 5.74) is 0.434. The zero-order valence-electron chi connectivity index (χ0n) is 12.7. The average Bonchev–Trinajstić information content (AvgIpc) is 2.86. The van der Waals surface area contributed by atoms with Gasteiger partial charge in [0.05, 0.1) is 28.8 Å². The van der Waals surface area contributed by atoms with Gasteiger partial charge in [-0.3, -0.25) is 19.6 Å². The summed E-state index contributed by atoms with van der Waals surface area (Å²) < 4.78 is 6.36. The van der Waals surface area contributed by atoms with Crippen LogP contribution in [0.1, 0.15) is 18.7 Å². The third-order valence-electron chi connectivity index (χ3n) is 3.29. The van der Waals surface area contributed by atoms with Gasteiger partial charge in [0, 0.05) is 6.20 Å². The van der Waals surface area contributed by atoms with E-state index in [0.717, 1.165) is 0 Å². The Kier molecular flexibility index (Phi) is 4.85. The molecule has 0 aliphatic carbocycles. The second kappa shape index (κ2) is 6.66. The highest BCUT2D eigenvalue weighted by molar-refractivity contribution is 6.31. The molecule has 1 unspecified atom stereocenters. The van der Waals surface area contributed by atoms with Crippen LogP contribution >= 0.6 is 11.6 Å². The summed E-state index contributed by atoms with van der Waals surface area (Å²) in [5, 5.41) is 18.2. The van der Waals surface area contributed by atoms with Gasteiger partial charge in [-0.15, -0.1) is 0 Å². The average molecular weight is 339 g/mol. The van der Waals surface area contributed by atoms with Gasteiger partial charge in [-0.25, -0.2) is 0 Å². The van der Waals surface area contributed by atoms with Gasteiger partial charge >= 0.3 is 0 Å². The fourth-order valence-electron chi connectivity index (χ4n) is 1.91. The highest BCUT2D eigenvalue weighted by Crippen LogP contribution is 2.29. The monoisotopic (exact) mass is 338 g/mol. The molecule has 2 aromatic rings. The highest BCUT2D eigenvalue weighted by atomic mass is 35.5. The molecule has 0 saturated carbocycles. The van der Waals surface area contributed by atoms with Gasteiger partial charge in [-0.2, -0.15) is 5.10 Å². The van der Waals surface area contributed by atoms with Crippen molar-refractivity contribution in [3.05, 3.63) is 45.2 Å². The van der Waals surface area contributed by atoms with Crippen LogP contribution in [0.4, 0.5) is 11.4 Å². The van der Waals surface area contributed by atoms with Gasteiger partial charge in [-0.05, 0) is 26.0 Å². The number of aromatic nitrogens is 2. The number of halogens is 1. The molecule has 0 fully saturated rings. The van der Waals surface area contributed by atoms with Gasteiger partial charge in [-0.1, -0.05) is 11.6 Å². The lowest BCUT2D eigenvalue weighted by Crippen LogP contribution is -2.24. The maximum absolute atomic E-state index is 12.3. The van der Waals surface area contributed by atoms with E-state index in [9.17, 15) is 14.9 Å². The number of methoxy groups -OCH3 is 1. The van der Waals surface area contributed by atoms with E-state index in [1.807, 2.05) is 0 Å². The lowest BCUT2D eigenvalue weighted by Gasteiger charge is -2.13. The minimum absolute atomic E-state index is 0.0858. The summed E-state index contributed by atoms with van der Waals surface area (Å²) in [5.74, 6) is -0.116. The third kappa shape index (κ3) is 3.59. The van der Waals surface area contributed by atoms with Crippen LogP contribution in [-0.2, 0) is 4.79 Å². The molecular weight excluding hydrogens is 324 g/mol. The number of aryl methyl sites for hydroxylation is 1. The summed E-state index contributed by atoms with van der Waals surface area (Å²) >= 11 is 5.92. The third-order valence-corrected chi connectivity index (χ3v) is 3.66. The first-order valence-electron chi connectivity index (χ1n) is 6.68. The molecule has 0 radical (unpaired) electrons. The topological polar surface area (TPSA) is 99.3 Å². The molecule has 1 aromatic heterocycles. The van der Waals surface area contributed by atoms with Crippen LogP contribution in [-0.4, -0.2) is 27.7 Å². The van der Waals surface area contributed by atoms with Crippen molar-refractivity contribution in [2.24, 2.45) is 0 Å². The Balaban J connectivity index is 2.24. The first kappa shape index (κ1) is 16.8. The number of hydrogen-bond donors (Lipinski definition) is 1. The Hall–Kier alpha value is -2.61. The van der Waals surface area contributed by atoms with E-state index in [0.29, 0.717) is 16.5 Å². The van der Waals surface area contributed by atoms with E-state index in [2.05, 4.69) is 10.4 Å². The van der Waals surface area contributed by atoms with Crippen LogP contribution in [0.3, 0.4) is 0 Å². The lowest BCUT2D eigenvalue weighted by atomic mass is 10.2. The number of anilines is 1. The summed E-state index contributed by atoms with van der Waals surface area (Å²) in [6.07, 6.45) is 1.53. The first-order valence-corrected chi connectivity index (χ1v) is 7.05. The summed E-state index contributed by atoms with van der Waals surface area (Å²) in [6.45, 7) is 3.34. The highest BCUT2D eigenvalue weighted by Gasteiger charge is 2.22. The quantitative estimate of drug-likeness (QED) is 0.667. The van der Waals surface area contributed by atoms with Crippen LogP contribution in [0, 0.1) is 17.0 Å².